The lowest BCUT2D eigenvalue weighted by Gasteiger charge is -2.12. The zero-order chi connectivity index (χ0) is 14.3. The van der Waals surface area contributed by atoms with Gasteiger partial charge in [-0.1, -0.05) is 29.8 Å². The average molecular weight is 330 g/mol. The summed E-state index contributed by atoms with van der Waals surface area (Å²) in [6.45, 7) is 8.24. The van der Waals surface area contributed by atoms with Crippen molar-refractivity contribution < 1.29 is 9.47 Å². The van der Waals surface area contributed by atoms with Crippen LogP contribution in [0.2, 0.25) is 0 Å². The van der Waals surface area contributed by atoms with Crippen LogP contribution in [0.25, 0.3) is 0 Å². The van der Waals surface area contributed by atoms with Gasteiger partial charge >= 0.3 is 0 Å². The van der Waals surface area contributed by atoms with Crippen LogP contribution in [0.1, 0.15) is 26.3 Å². The highest BCUT2D eigenvalue weighted by Gasteiger charge is 2.05. The molecule has 1 rings (SSSR count). The molecule has 0 aliphatic rings. The van der Waals surface area contributed by atoms with Crippen molar-refractivity contribution in [1.29, 1.82) is 0 Å². The fraction of sp³-hybridized carbons (Fsp3) is 0.600. The second-order valence-corrected chi connectivity index (χ2v) is 6.11. The first-order chi connectivity index (χ1) is 8.99. The number of ether oxygens (including phenoxy) is 2. The van der Waals surface area contributed by atoms with Gasteiger partial charge in [0.2, 0.25) is 0 Å². The maximum atomic E-state index is 5.83. The van der Waals surface area contributed by atoms with Crippen LogP contribution in [0.4, 0.5) is 0 Å². The summed E-state index contributed by atoms with van der Waals surface area (Å²) >= 11 is 3.53. The Morgan fingerprint density at radius 1 is 1.21 bits per heavy atom. The third-order valence-corrected chi connectivity index (χ3v) is 3.28. The minimum atomic E-state index is 0.140. The van der Waals surface area contributed by atoms with Gasteiger partial charge < -0.3 is 15.2 Å². The van der Waals surface area contributed by atoms with E-state index in [1.54, 1.807) is 0 Å². The smallest absolute Gasteiger partial charge is 0.119 e. The van der Waals surface area contributed by atoms with Crippen molar-refractivity contribution in [2.75, 3.05) is 19.8 Å². The highest BCUT2D eigenvalue weighted by atomic mass is 79.9. The lowest BCUT2D eigenvalue weighted by molar-refractivity contribution is 0.0819. The monoisotopic (exact) mass is 329 g/mol. The molecule has 1 unspecified atom stereocenters. The van der Waals surface area contributed by atoms with E-state index in [9.17, 15) is 0 Å². The van der Waals surface area contributed by atoms with Gasteiger partial charge in [0.15, 0.2) is 0 Å². The molecule has 1 aromatic rings. The molecule has 108 valence electrons. The zero-order valence-electron chi connectivity index (χ0n) is 12.0. The Labute approximate surface area is 124 Å². The van der Waals surface area contributed by atoms with E-state index in [-0.39, 0.29) is 6.04 Å². The third kappa shape index (κ3) is 6.95. The molecule has 3 nitrogen and oxygen atoms in total. The van der Waals surface area contributed by atoms with E-state index in [0.717, 1.165) is 23.2 Å². The Balaban J connectivity index is 2.41. The summed E-state index contributed by atoms with van der Waals surface area (Å²) in [7, 11) is 0. The fourth-order valence-electron chi connectivity index (χ4n) is 1.68. The number of rotatable bonds is 8. The van der Waals surface area contributed by atoms with Crippen molar-refractivity contribution in [2.24, 2.45) is 11.7 Å². The molecule has 0 saturated carbocycles. The molecule has 4 heteroatoms. The predicted molar refractivity (Wildman–Crippen MR) is 82.6 cm³/mol. The second kappa shape index (κ2) is 8.56. The number of benzene rings is 1. The summed E-state index contributed by atoms with van der Waals surface area (Å²) in [5.41, 5.74) is 7.01. The van der Waals surface area contributed by atoms with Gasteiger partial charge in [-0.05, 0) is 43.0 Å². The normalized spacial score (nSPS) is 12.7. The van der Waals surface area contributed by atoms with Gasteiger partial charge in [-0.3, -0.25) is 0 Å². The van der Waals surface area contributed by atoms with Crippen molar-refractivity contribution >= 4 is 15.9 Å². The standard InChI is InChI=1S/C15H24BrNO2/c1-11(2)10-18-6-7-19-14-4-5-15(16)13(9-14)8-12(3)17/h4-5,9,11-12H,6-8,10,17H2,1-3H3. The van der Waals surface area contributed by atoms with Crippen LogP contribution < -0.4 is 10.5 Å². The lowest BCUT2D eigenvalue weighted by atomic mass is 10.1. The number of hydrogen-bond donors (Lipinski definition) is 1. The highest BCUT2D eigenvalue weighted by molar-refractivity contribution is 9.10. The minimum Gasteiger partial charge on any atom is -0.491 e. The van der Waals surface area contributed by atoms with Gasteiger partial charge in [0.25, 0.3) is 0 Å². The van der Waals surface area contributed by atoms with Gasteiger partial charge in [-0.2, -0.15) is 0 Å². The lowest BCUT2D eigenvalue weighted by Crippen LogP contribution is -2.18. The van der Waals surface area contributed by atoms with E-state index in [2.05, 4.69) is 29.8 Å². The fourth-order valence-corrected chi connectivity index (χ4v) is 2.09. The molecule has 1 aromatic carbocycles. The Morgan fingerprint density at radius 2 is 1.95 bits per heavy atom. The Hall–Kier alpha value is -0.580. The molecule has 2 N–H and O–H groups in total. The van der Waals surface area contributed by atoms with Crippen LogP contribution in [-0.4, -0.2) is 25.9 Å². The van der Waals surface area contributed by atoms with E-state index in [1.807, 2.05) is 25.1 Å². The Bertz CT molecular complexity index is 380. The average Bonchev–Trinajstić information content (AvgIpc) is 2.31. The Kier molecular flexibility index (Phi) is 7.42. The van der Waals surface area contributed by atoms with Crippen LogP contribution in [0.5, 0.6) is 5.75 Å². The van der Waals surface area contributed by atoms with Crippen LogP contribution in [0.3, 0.4) is 0 Å². The molecule has 0 heterocycles. The maximum absolute atomic E-state index is 5.83. The van der Waals surface area contributed by atoms with Crippen molar-refractivity contribution in [2.45, 2.75) is 33.2 Å². The van der Waals surface area contributed by atoms with E-state index < -0.39 is 0 Å². The number of hydrogen-bond acceptors (Lipinski definition) is 3. The molecule has 0 aliphatic heterocycles. The summed E-state index contributed by atoms with van der Waals surface area (Å²) in [5.74, 6) is 1.43. The van der Waals surface area contributed by atoms with Gasteiger partial charge in [0.05, 0.1) is 6.61 Å². The quantitative estimate of drug-likeness (QED) is 0.743. The molecular weight excluding hydrogens is 306 g/mol. The topological polar surface area (TPSA) is 44.5 Å². The molecule has 0 aromatic heterocycles. The molecule has 0 amide bonds. The maximum Gasteiger partial charge on any atom is 0.119 e. The molecule has 0 radical (unpaired) electrons. The van der Waals surface area contributed by atoms with Crippen LogP contribution >= 0.6 is 15.9 Å². The summed E-state index contributed by atoms with van der Waals surface area (Å²) in [6.07, 6.45) is 0.835. The molecule has 0 spiro atoms. The summed E-state index contributed by atoms with van der Waals surface area (Å²) < 4.78 is 12.2. The van der Waals surface area contributed by atoms with E-state index in [1.165, 1.54) is 5.56 Å². The summed E-state index contributed by atoms with van der Waals surface area (Å²) in [6, 6.07) is 6.13. The van der Waals surface area contributed by atoms with Crippen LogP contribution in [0, 0.1) is 5.92 Å². The second-order valence-electron chi connectivity index (χ2n) is 5.25. The van der Waals surface area contributed by atoms with E-state index >= 15 is 0 Å². The predicted octanol–water partition coefficient (Wildman–Crippen LogP) is 3.39. The SMILES string of the molecule is CC(C)COCCOc1ccc(Br)c(CC(C)N)c1. The van der Waals surface area contributed by atoms with Crippen molar-refractivity contribution in [1.82, 2.24) is 0 Å². The molecule has 0 fully saturated rings. The van der Waals surface area contributed by atoms with Gasteiger partial charge in [-0.15, -0.1) is 0 Å². The molecule has 0 aliphatic carbocycles. The largest absolute Gasteiger partial charge is 0.491 e. The van der Waals surface area contributed by atoms with Crippen molar-refractivity contribution in [3.05, 3.63) is 28.2 Å². The number of halogens is 1. The zero-order valence-corrected chi connectivity index (χ0v) is 13.6. The van der Waals surface area contributed by atoms with Crippen molar-refractivity contribution in [3.8, 4) is 5.75 Å². The Morgan fingerprint density at radius 3 is 2.58 bits per heavy atom. The highest BCUT2D eigenvalue weighted by Crippen LogP contribution is 2.23. The van der Waals surface area contributed by atoms with E-state index in [4.69, 9.17) is 15.2 Å². The van der Waals surface area contributed by atoms with Gasteiger partial charge in [0, 0.05) is 17.1 Å². The number of nitrogens with two attached hydrogens (primary N) is 1. The van der Waals surface area contributed by atoms with Gasteiger partial charge in [-0.25, -0.2) is 0 Å². The molecule has 0 saturated heterocycles. The third-order valence-electron chi connectivity index (χ3n) is 2.51. The summed E-state index contributed by atoms with van der Waals surface area (Å²) in [5, 5.41) is 0. The van der Waals surface area contributed by atoms with Crippen LogP contribution in [-0.2, 0) is 11.2 Å². The van der Waals surface area contributed by atoms with Crippen LogP contribution in [0.15, 0.2) is 22.7 Å². The first-order valence-corrected chi connectivity index (χ1v) is 7.53. The van der Waals surface area contributed by atoms with Gasteiger partial charge in [0.1, 0.15) is 12.4 Å². The summed E-state index contributed by atoms with van der Waals surface area (Å²) in [4.78, 5) is 0. The molecule has 1 atom stereocenters. The van der Waals surface area contributed by atoms with Crippen molar-refractivity contribution in [3.63, 3.8) is 0 Å². The first-order valence-electron chi connectivity index (χ1n) is 6.73. The molecular formula is C15H24BrNO2. The van der Waals surface area contributed by atoms with E-state index in [0.29, 0.717) is 19.1 Å². The molecule has 19 heavy (non-hydrogen) atoms. The molecule has 0 bridgehead atoms. The minimum absolute atomic E-state index is 0.140. The first kappa shape index (κ1) is 16.5.